The molecule has 7 aromatic rings. The third-order valence-corrected chi connectivity index (χ3v) is 10.1. The zero-order chi connectivity index (χ0) is 32.1. The Labute approximate surface area is 281 Å². The lowest BCUT2D eigenvalue weighted by molar-refractivity contribution is 0.547. The molecule has 9 rings (SSSR count). The lowest BCUT2D eigenvalue weighted by Crippen LogP contribution is -2.42. The van der Waals surface area contributed by atoms with E-state index in [9.17, 15) is 0 Å². The molecule has 1 heterocycles. The van der Waals surface area contributed by atoms with E-state index < -0.39 is 0 Å². The van der Waals surface area contributed by atoms with Crippen molar-refractivity contribution in [1.29, 1.82) is 0 Å². The van der Waals surface area contributed by atoms with Gasteiger partial charge >= 0.3 is 0 Å². The highest BCUT2D eigenvalue weighted by Crippen LogP contribution is 2.50. The van der Waals surface area contributed by atoms with Crippen LogP contribution in [0.4, 0.5) is 0 Å². The zero-order valence-electron chi connectivity index (χ0n) is 26.8. The van der Waals surface area contributed by atoms with Crippen molar-refractivity contribution in [2.24, 2.45) is 5.41 Å². The van der Waals surface area contributed by atoms with Crippen molar-refractivity contribution in [2.45, 2.75) is 13.3 Å². The third kappa shape index (κ3) is 4.52. The molecule has 2 aliphatic carbocycles. The molecule has 1 aromatic heterocycles. The van der Waals surface area contributed by atoms with Gasteiger partial charge in [-0.05, 0) is 86.2 Å². The van der Waals surface area contributed by atoms with Crippen molar-refractivity contribution >= 4 is 22.2 Å². The van der Waals surface area contributed by atoms with E-state index in [0.717, 1.165) is 34.5 Å². The van der Waals surface area contributed by atoms with Gasteiger partial charge in [-0.1, -0.05) is 153 Å². The largest absolute Gasteiger partial charge is 0.292 e. The molecule has 0 spiro atoms. The molecule has 48 heavy (non-hydrogen) atoms. The summed E-state index contributed by atoms with van der Waals surface area (Å²) in [7, 11) is 0. The second kappa shape index (κ2) is 11.4. The summed E-state index contributed by atoms with van der Waals surface area (Å²) in [5.41, 5.74) is 13.1. The third-order valence-electron chi connectivity index (χ3n) is 10.1. The average Bonchev–Trinajstić information content (AvgIpc) is 3.54. The van der Waals surface area contributed by atoms with Crippen molar-refractivity contribution in [3.05, 3.63) is 203 Å². The lowest BCUT2D eigenvalue weighted by atomic mass is 9.62. The maximum absolute atomic E-state index is 5.08. The molecule has 2 aliphatic rings. The van der Waals surface area contributed by atoms with Crippen LogP contribution >= 0.6 is 0 Å². The maximum atomic E-state index is 5.08. The van der Waals surface area contributed by atoms with Gasteiger partial charge in [0.05, 0.1) is 11.0 Å². The average molecular weight is 615 g/mol. The molecule has 1 unspecified atom stereocenters. The Morgan fingerprint density at radius 3 is 1.92 bits per heavy atom. The Hall–Kier alpha value is -5.99. The molecule has 0 aliphatic heterocycles. The molecule has 0 N–H and O–H groups in total. The monoisotopic (exact) mass is 614 g/mol. The summed E-state index contributed by atoms with van der Waals surface area (Å²) in [6.07, 6.45) is 7.87. The smallest absolute Gasteiger partial charge is 0.145 e. The van der Waals surface area contributed by atoms with Gasteiger partial charge in [-0.15, -0.1) is 0 Å². The minimum atomic E-state index is -0.174. The molecule has 0 fully saturated rings. The molecule has 2 heteroatoms. The fourth-order valence-corrected chi connectivity index (χ4v) is 7.81. The van der Waals surface area contributed by atoms with Gasteiger partial charge in [0.15, 0.2) is 0 Å². The quantitative estimate of drug-likeness (QED) is 0.189. The van der Waals surface area contributed by atoms with Crippen LogP contribution in [0, 0.1) is 5.41 Å². The van der Waals surface area contributed by atoms with Gasteiger partial charge in [-0.3, -0.25) is 4.57 Å². The van der Waals surface area contributed by atoms with Gasteiger partial charge in [-0.2, -0.15) is 0 Å². The van der Waals surface area contributed by atoms with Crippen LogP contribution in [0.15, 0.2) is 182 Å². The summed E-state index contributed by atoms with van der Waals surface area (Å²) < 4.78 is 2.29. The molecule has 228 valence electrons. The summed E-state index contributed by atoms with van der Waals surface area (Å²) in [5.74, 6) is 0.947. The predicted molar refractivity (Wildman–Crippen MR) is 199 cm³/mol. The Kier molecular flexibility index (Phi) is 6.69. The molecule has 0 radical (unpaired) electrons. The van der Waals surface area contributed by atoms with Crippen molar-refractivity contribution in [3.63, 3.8) is 0 Å². The standard InChI is InChI=1S/C46H34N2/c1-46-30-14-13-21-40(46)43(39-31-36(32-15-5-2-6-16-32)26-29-38(39)44(46)34-17-7-3-8-18-34)33-24-27-37(28-25-33)48-42-23-12-11-22-41(42)47-45(48)35-19-9-4-10-20-35/h2-29,31H,30H2,1H3. The highest BCUT2D eigenvalue weighted by Gasteiger charge is 2.39. The van der Waals surface area contributed by atoms with Crippen molar-refractivity contribution < 1.29 is 0 Å². The van der Waals surface area contributed by atoms with Crippen LogP contribution in [0.5, 0.6) is 0 Å². The first-order chi connectivity index (χ1) is 23.7. The van der Waals surface area contributed by atoms with Gasteiger partial charge in [0.25, 0.3) is 0 Å². The number of para-hydroxylation sites is 2. The fourth-order valence-electron chi connectivity index (χ4n) is 7.81. The highest BCUT2D eigenvalue weighted by molar-refractivity contribution is 5.92. The SMILES string of the molecule is CC12CC=CC=C1C(c1ccc(-n3c(-c4ccccc4)nc4ccccc43)cc1)=c1cc(-c3ccccc3)ccc1=C2c1ccccc1. The molecule has 0 saturated heterocycles. The first-order valence-electron chi connectivity index (χ1n) is 16.7. The summed E-state index contributed by atoms with van der Waals surface area (Å²) >= 11 is 0. The summed E-state index contributed by atoms with van der Waals surface area (Å²) in [4.78, 5) is 5.08. The number of benzene rings is 6. The molecule has 0 saturated carbocycles. The van der Waals surface area contributed by atoms with E-state index in [4.69, 9.17) is 4.98 Å². The van der Waals surface area contributed by atoms with Crippen LogP contribution in [-0.2, 0) is 0 Å². The number of fused-ring (bicyclic) bond motifs is 3. The van der Waals surface area contributed by atoms with Gasteiger partial charge in [0.1, 0.15) is 5.82 Å². The van der Waals surface area contributed by atoms with E-state index >= 15 is 0 Å². The van der Waals surface area contributed by atoms with E-state index in [1.165, 1.54) is 49.4 Å². The van der Waals surface area contributed by atoms with Crippen molar-refractivity contribution in [1.82, 2.24) is 9.55 Å². The molecule has 0 bridgehead atoms. The second-order valence-corrected chi connectivity index (χ2v) is 13.0. The minimum absolute atomic E-state index is 0.174. The first-order valence-corrected chi connectivity index (χ1v) is 16.7. The van der Waals surface area contributed by atoms with E-state index in [2.05, 4.69) is 187 Å². The van der Waals surface area contributed by atoms with Crippen LogP contribution in [0.2, 0.25) is 0 Å². The zero-order valence-corrected chi connectivity index (χ0v) is 26.8. The van der Waals surface area contributed by atoms with E-state index in [0.29, 0.717) is 0 Å². The van der Waals surface area contributed by atoms with Crippen LogP contribution in [0.1, 0.15) is 24.5 Å². The van der Waals surface area contributed by atoms with Gasteiger partial charge in [0.2, 0.25) is 0 Å². The molecule has 6 aromatic carbocycles. The summed E-state index contributed by atoms with van der Waals surface area (Å²) in [6, 6.07) is 56.8. The number of imidazole rings is 1. The Bertz CT molecular complexity index is 2500. The van der Waals surface area contributed by atoms with Crippen LogP contribution in [-0.4, -0.2) is 9.55 Å². The number of allylic oxidation sites excluding steroid dienone is 4. The minimum Gasteiger partial charge on any atom is -0.292 e. The number of nitrogens with zero attached hydrogens (tertiary/aromatic N) is 2. The maximum Gasteiger partial charge on any atom is 0.145 e. The topological polar surface area (TPSA) is 17.8 Å². The number of aromatic nitrogens is 2. The normalized spacial score (nSPS) is 16.8. The Balaban J connectivity index is 1.31. The van der Waals surface area contributed by atoms with Crippen molar-refractivity contribution in [3.8, 4) is 28.2 Å². The van der Waals surface area contributed by atoms with E-state index in [1.807, 2.05) is 0 Å². The van der Waals surface area contributed by atoms with Gasteiger partial charge in [0, 0.05) is 16.7 Å². The number of hydrogen-bond acceptors (Lipinski definition) is 1. The van der Waals surface area contributed by atoms with Gasteiger partial charge in [-0.25, -0.2) is 4.98 Å². The van der Waals surface area contributed by atoms with E-state index in [-0.39, 0.29) is 5.41 Å². The Morgan fingerprint density at radius 1 is 0.562 bits per heavy atom. The molecular weight excluding hydrogens is 581 g/mol. The fraction of sp³-hybridized carbons (Fsp3) is 0.0652. The van der Waals surface area contributed by atoms with Crippen LogP contribution in [0.25, 0.3) is 50.4 Å². The molecule has 0 amide bonds. The first kappa shape index (κ1) is 28.3. The van der Waals surface area contributed by atoms with Gasteiger partial charge < -0.3 is 0 Å². The lowest BCUT2D eigenvalue weighted by Gasteiger charge is -2.40. The Morgan fingerprint density at radius 2 is 1.19 bits per heavy atom. The predicted octanol–water partition coefficient (Wildman–Crippen LogP) is 9.66. The van der Waals surface area contributed by atoms with Crippen molar-refractivity contribution in [2.75, 3.05) is 0 Å². The molecule has 2 nitrogen and oxygen atoms in total. The molecule has 1 atom stereocenters. The summed E-state index contributed by atoms with van der Waals surface area (Å²) in [6.45, 7) is 2.43. The highest BCUT2D eigenvalue weighted by atomic mass is 15.1. The van der Waals surface area contributed by atoms with Crippen LogP contribution in [0.3, 0.4) is 0 Å². The number of hydrogen-bond donors (Lipinski definition) is 0. The molecular formula is C46H34N2. The second-order valence-electron chi connectivity index (χ2n) is 13.0. The van der Waals surface area contributed by atoms with Crippen LogP contribution < -0.4 is 10.4 Å². The number of rotatable bonds is 5. The van der Waals surface area contributed by atoms with E-state index in [1.54, 1.807) is 0 Å². The summed E-state index contributed by atoms with van der Waals surface area (Å²) in [5, 5.41) is 2.59.